The van der Waals surface area contributed by atoms with Gasteiger partial charge in [0.05, 0.1) is 23.6 Å². The van der Waals surface area contributed by atoms with E-state index in [1.165, 1.54) is 29.8 Å². The maximum absolute atomic E-state index is 12.2. The number of nitrogens with one attached hydrogen (secondary N) is 1. The molecule has 0 aliphatic rings. The minimum Gasteiger partial charge on any atom is -0.464 e. The van der Waals surface area contributed by atoms with Crippen LogP contribution in [0.15, 0.2) is 53.4 Å². The van der Waals surface area contributed by atoms with Gasteiger partial charge in [-0.05, 0) is 43.2 Å². The van der Waals surface area contributed by atoms with Crippen LogP contribution in [-0.4, -0.2) is 39.2 Å². The summed E-state index contributed by atoms with van der Waals surface area (Å²) in [6.07, 6.45) is 0.719. The lowest BCUT2D eigenvalue weighted by Crippen LogP contribution is -2.28. The predicted molar refractivity (Wildman–Crippen MR) is 112 cm³/mol. The Balaban J connectivity index is 1.62. The van der Waals surface area contributed by atoms with Crippen LogP contribution in [0, 0.1) is 6.92 Å². The summed E-state index contributed by atoms with van der Waals surface area (Å²) in [5.74, 6) is -1.11. The van der Waals surface area contributed by atoms with E-state index in [1.54, 1.807) is 0 Å². The molecule has 0 aliphatic carbocycles. The van der Waals surface area contributed by atoms with Crippen molar-refractivity contribution in [2.45, 2.75) is 31.1 Å². The fourth-order valence-corrected chi connectivity index (χ4v) is 3.85. The van der Waals surface area contributed by atoms with Crippen LogP contribution in [0.1, 0.15) is 24.0 Å². The van der Waals surface area contributed by atoms with E-state index < -0.39 is 15.8 Å². The third kappa shape index (κ3) is 8.25. The normalized spacial score (nSPS) is 11.1. The molecule has 2 aromatic carbocycles. The van der Waals surface area contributed by atoms with Crippen LogP contribution in [0.4, 0.5) is 0 Å². The Morgan fingerprint density at radius 3 is 2.31 bits per heavy atom. The number of carbonyl (C=O) groups is 2. The summed E-state index contributed by atoms with van der Waals surface area (Å²) in [6.45, 7) is 2.18. The minimum atomic E-state index is -3.58. The summed E-state index contributed by atoms with van der Waals surface area (Å²) in [7, 11) is -3.58. The average molecular weight is 438 g/mol. The molecule has 0 heterocycles. The number of carbonyl (C=O) groups excluding carboxylic acids is 2. The van der Waals surface area contributed by atoms with Crippen molar-refractivity contribution in [3.05, 3.63) is 64.7 Å². The molecule has 1 N–H and O–H groups in total. The second kappa shape index (κ2) is 11.0. The van der Waals surface area contributed by atoms with Crippen molar-refractivity contribution in [3.8, 4) is 0 Å². The molecule has 0 saturated carbocycles. The van der Waals surface area contributed by atoms with Crippen LogP contribution < -0.4 is 5.32 Å². The summed E-state index contributed by atoms with van der Waals surface area (Å²) in [4.78, 5) is 23.7. The van der Waals surface area contributed by atoms with E-state index in [1.807, 2.05) is 31.2 Å². The highest BCUT2D eigenvalue weighted by Gasteiger charge is 2.17. The second-order valence-electron chi connectivity index (χ2n) is 6.58. The predicted octanol–water partition coefficient (Wildman–Crippen LogP) is 3.10. The van der Waals surface area contributed by atoms with Crippen LogP contribution in [0.5, 0.6) is 0 Å². The molecule has 2 rings (SSSR count). The number of halogens is 1. The Morgan fingerprint density at radius 2 is 1.66 bits per heavy atom. The number of amides is 1. The summed E-state index contributed by atoms with van der Waals surface area (Å²) >= 11 is 5.74. The van der Waals surface area contributed by atoms with E-state index in [9.17, 15) is 18.0 Å². The van der Waals surface area contributed by atoms with Crippen molar-refractivity contribution in [2.24, 2.45) is 0 Å². The Labute approximate surface area is 176 Å². The molecule has 0 bridgehead atoms. The van der Waals surface area contributed by atoms with Gasteiger partial charge < -0.3 is 10.1 Å². The SMILES string of the molecule is Cc1ccc(CCC(=O)NCCOC(=O)CCS(=O)(=O)c2ccc(Cl)cc2)cc1. The van der Waals surface area contributed by atoms with Gasteiger partial charge in [-0.3, -0.25) is 9.59 Å². The summed E-state index contributed by atoms with van der Waals surface area (Å²) in [5, 5.41) is 3.11. The number of esters is 1. The lowest BCUT2D eigenvalue weighted by molar-refractivity contribution is -0.143. The van der Waals surface area contributed by atoms with Gasteiger partial charge in [0.25, 0.3) is 0 Å². The Hall–Kier alpha value is -2.38. The topological polar surface area (TPSA) is 89.5 Å². The van der Waals surface area contributed by atoms with Gasteiger partial charge in [0.2, 0.25) is 5.91 Å². The standard InChI is InChI=1S/C21H24ClNO5S/c1-16-2-4-17(5-3-16)6-11-20(24)23-13-14-28-21(25)12-15-29(26,27)19-9-7-18(22)8-10-19/h2-5,7-10H,6,11-15H2,1H3,(H,23,24). The van der Waals surface area contributed by atoms with Crippen molar-refractivity contribution in [1.29, 1.82) is 0 Å². The molecule has 29 heavy (non-hydrogen) atoms. The smallest absolute Gasteiger partial charge is 0.306 e. The van der Waals surface area contributed by atoms with Gasteiger partial charge in [0.15, 0.2) is 9.84 Å². The third-order valence-electron chi connectivity index (χ3n) is 4.20. The van der Waals surface area contributed by atoms with Crippen LogP contribution in [-0.2, 0) is 30.6 Å². The van der Waals surface area contributed by atoms with E-state index in [-0.39, 0.29) is 36.1 Å². The first-order valence-electron chi connectivity index (χ1n) is 9.22. The van der Waals surface area contributed by atoms with Crippen LogP contribution in [0.2, 0.25) is 5.02 Å². The Morgan fingerprint density at radius 1 is 1.00 bits per heavy atom. The molecule has 0 spiro atoms. The van der Waals surface area contributed by atoms with E-state index in [0.717, 1.165) is 5.56 Å². The number of hydrogen-bond acceptors (Lipinski definition) is 5. The number of sulfone groups is 1. The lowest BCUT2D eigenvalue weighted by atomic mass is 10.1. The molecule has 156 valence electrons. The zero-order valence-electron chi connectivity index (χ0n) is 16.2. The monoisotopic (exact) mass is 437 g/mol. The first-order chi connectivity index (χ1) is 13.8. The van der Waals surface area contributed by atoms with Crippen LogP contribution in [0.25, 0.3) is 0 Å². The quantitative estimate of drug-likeness (QED) is 0.455. The highest BCUT2D eigenvalue weighted by Crippen LogP contribution is 2.16. The summed E-state index contributed by atoms with van der Waals surface area (Å²) in [6, 6.07) is 13.7. The third-order valence-corrected chi connectivity index (χ3v) is 6.18. The Kier molecular flexibility index (Phi) is 8.67. The largest absolute Gasteiger partial charge is 0.464 e. The summed E-state index contributed by atoms with van der Waals surface area (Å²) < 4.78 is 29.3. The summed E-state index contributed by atoms with van der Waals surface area (Å²) in [5.41, 5.74) is 2.25. The first kappa shape index (κ1) is 22.9. The van der Waals surface area contributed by atoms with Crippen LogP contribution in [0.3, 0.4) is 0 Å². The van der Waals surface area contributed by atoms with Crippen molar-refractivity contribution in [2.75, 3.05) is 18.9 Å². The highest BCUT2D eigenvalue weighted by molar-refractivity contribution is 7.91. The molecule has 1 amide bonds. The number of benzene rings is 2. The van der Waals surface area contributed by atoms with Crippen molar-refractivity contribution in [3.63, 3.8) is 0 Å². The van der Waals surface area contributed by atoms with Gasteiger partial charge >= 0.3 is 5.97 Å². The molecule has 0 aliphatic heterocycles. The Bertz CT molecular complexity index is 925. The molecule has 8 heteroatoms. The highest BCUT2D eigenvalue weighted by atomic mass is 35.5. The molecule has 2 aromatic rings. The van der Waals surface area contributed by atoms with Gasteiger partial charge in [0.1, 0.15) is 6.61 Å². The lowest BCUT2D eigenvalue weighted by Gasteiger charge is -2.08. The molecule has 0 unspecified atom stereocenters. The zero-order chi connectivity index (χ0) is 21.3. The fourth-order valence-electron chi connectivity index (χ4n) is 2.51. The molecule has 0 atom stereocenters. The zero-order valence-corrected chi connectivity index (χ0v) is 17.8. The van der Waals surface area contributed by atoms with Crippen LogP contribution >= 0.6 is 11.6 Å². The molecule has 0 fully saturated rings. The van der Waals surface area contributed by atoms with Crippen molar-refractivity contribution >= 4 is 33.3 Å². The van der Waals surface area contributed by atoms with Gasteiger partial charge in [0, 0.05) is 11.4 Å². The van der Waals surface area contributed by atoms with Gasteiger partial charge in [-0.1, -0.05) is 41.4 Å². The van der Waals surface area contributed by atoms with E-state index in [0.29, 0.717) is 17.9 Å². The first-order valence-corrected chi connectivity index (χ1v) is 11.3. The maximum Gasteiger partial charge on any atom is 0.306 e. The second-order valence-corrected chi connectivity index (χ2v) is 9.12. The molecular weight excluding hydrogens is 414 g/mol. The minimum absolute atomic E-state index is 0.00387. The van der Waals surface area contributed by atoms with E-state index in [4.69, 9.17) is 16.3 Å². The molecule has 0 aromatic heterocycles. The van der Waals surface area contributed by atoms with Gasteiger partial charge in [-0.15, -0.1) is 0 Å². The van der Waals surface area contributed by atoms with Crippen molar-refractivity contribution < 1.29 is 22.7 Å². The average Bonchev–Trinajstić information content (AvgIpc) is 2.69. The molecule has 0 saturated heterocycles. The van der Waals surface area contributed by atoms with Crippen molar-refractivity contribution in [1.82, 2.24) is 5.32 Å². The van der Waals surface area contributed by atoms with Gasteiger partial charge in [-0.25, -0.2) is 8.42 Å². The fraction of sp³-hybridized carbons (Fsp3) is 0.333. The maximum atomic E-state index is 12.2. The number of aryl methyl sites for hydroxylation is 2. The number of ether oxygens (including phenoxy) is 1. The van der Waals surface area contributed by atoms with Gasteiger partial charge in [-0.2, -0.15) is 0 Å². The van der Waals surface area contributed by atoms with E-state index >= 15 is 0 Å². The molecule has 0 radical (unpaired) electrons. The molecule has 6 nitrogen and oxygen atoms in total. The van der Waals surface area contributed by atoms with E-state index in [2.05, 4.69) is 5.32 Å². The molecular formula is C21H24ClNO5S. The number of rotatable bonds is 10. The number of hydrogen-bond donors (Lipinski definition) is 1.